The second kappa shape index (κ2) is 6.45. The fraction of sp³-hybridized carbons (Fsp3) is 0. The average Bonchev–Trinajstić information content (AvgIpc) is 3.07. The predicted molar refractivity (Wildman–Crippen MR) is 119 cm³/mol. The standard InChI is InChI=1S/C22H13IN2S/c23-20-13-17(14-7-2-1-3-8-14)24-22(25-20)16-10-6-12-19-21(16)15-9-4-5-11-18(15)26-19/h1-13H. The van der Waals surface area contributed by atoms with Crippen LogP contribution >= 0.6 is 33.9 Å². The summed E-state index contributed by atoms with van der Waals surface area (Å²) in [4.78, 5) is 9.65. The molecular weight excluding hydrogens is 451 g/mol. The Morgan fingerprint density at radius 2 is 1.50 bits per heavy atom. The zero-order chi connectivity index (χ0) is 17.5. The topological polar surface area (TPSA) is 25.8 Å². The first kappa shape index (κ1) is 15.9. The summed E-state index contributed by atoms with van der Waals surface area (Å²) < 4.78 is 3.51. The molecule has 0 N–H and O–H groups in total. The summed E-state index contributed by atoms with van der Waals surface area (Å²) in [5.74, 6) is 0.782. The molecule has 5 rings (SSSR count). The minimum absolute atomic E-state index is 0.782. The van der Waals surface area contributed by atoms with E-state index in [0.29, 0.717) is 0 Å². The third kappa shape index (κ3) is 2.70. The fourth-order valence-electron chi connectivity index (χ4n) is 3.26. The molecule has 2 nitrogen and oxygen atoms in total. The van der Waals surface area contributed by atoms with E-state index in [1.54, 1.807) is 0 Å². The lowest BCUT2D eigenvalue weighted by molar-refractivity contribution is 1.15. The zero-order valence-electron chi connectivity index (χ0n) is 13.7. The molecular formula is C22H13IN2S. The van der Waals surface area contributed by atoms with Crippen molar-refractivity contribution in [3.63, 3.8) is 0 Å². The van der Waals surface area contributed by atoms with Gasteiger partial charge in [-0.2, -0.15) is 0 Å². The normalized spacial score (nSPS) is 11.3. The molecule has 0 aliphatic heterocycles. The first-order valence-electron chi connectivity index (χ1n) is 8.30. The minimum atomic E-state index is 0.782. The molecule has 0 radical (unpaired) electrons. The molecule has 5 aromatic rings. The van der Waals surface area contributed by atoms with Crippen molar-refractivity contribution in [3.8, 4) is 22.6 Å². The third-order valence-corrected chi connectivity index (χ3v) is 6.10. The number of hydrogen-bond donors (Lipinski definition) is 0. The second-order valence-corrected chi connectivity index (χ2v) is 8.23. The van der Waals surface area contributed by atoms with Gasteiger partial charge in [-0.05, 0) is 40.8 Å². The molecule has 0 saturated carbocycles. The van der Waals surface area contributed by atoms with Crippen LogP contribution in [0, 0.1) is 3.70 Å². The van der Waals surface area contributed by atoms with Crippen molar-refractivity contribution in [2.45, 2.75) is 0 Å². The summed E-state index contributed by atoms with van der Waals surface area (Å²) in [5, 5.41) is 2.51. The van der Waals surface area contributed by atoms with Crippen LogP contribution in [0.15, 0.2) is 78.9 Å². The highest BCUT2D eigenvalue weighted by Gasteiger charge is 2.14. The van der Waals surface area contributed by atoms with Crippen molar-refractivity contribution in [2.24, 2.45) is 0 Å². The molecule has 0 saturated heterocycles. The van der Waals surface area contributed by atoms with Gasteiger partial charge in [0.05, 0.1) is 5.69 Å². The van der Waals surface area contributed by atoms with Gasteiger partial charge in [0.2, 0.25) is 0 Å². The zero-order valence-corrected chi connectivity index (χ0v) is 16.7. The number of thiophene rings is 1. The molecule has 0 atom stereocenters. The van der Waals surface area contributed by atoms with E-state index >= 15 is 0 Å². The number of hydrogen-bond acceptors (Lipinski definition) is 3. The van der Waals surface area contributed by atoms with Crippen LogP contribution in [-0.4, -0.2) is 9.97 Å². The molecule has 0 unspecified atom stereocenters. The number of halogens is 1. The Labute approximate surface area is 168 Å². The molecule has 0 spiro atoms. The van der Waals surface area contributed by atoms with E-state index in [4.69, 9.17) is 9.97 Å². The Kier molecular flexibility index (Phi) is 3.94. The van der Waals surface area contributed by atoms with Crippen molar-refractivity contribution in [2.75, 3.05) is 0 Å². The van der Waals surface area contributed by atoms with Crippen molar-refractivity contribution >= 4 is 54.1 Å². The molecule has 0 bridgehead atoms. The maximum atomic E-state index is 4.90. The highest BCUT2D eigenvalue weighted by molar-refractivity contribution is 14.1. The largest absolute Gasteiger partial charge is 0.228 e. The van der Waals surface area contributed by atoms with E-state index in [-0.39, 0.29) is 0 Å². The highest BCUT2D eigenvalue weighted by atomic mass is 127. The van der Waals surface area contributed by atoms with E-state index in [0.717, 1.165) is 26.3 Å². The molecule has 2 aromatic heterocycles. The molecule has 4 heteroatoms. The Morgan fingerprint density at radius 1 is 0.731 bits per heavy atom. The maximum absolute atomic E-state index is 4.90. The Balaban J connectivity index is 1.80. The summed E-state index contributed by atoms with van der Waals surface area (Å²) >= 11 is 4.09. The van der Waals surface area contributed by atoms with Crippen LogP contribution in [-0.2, 0) is 0 Å². The predicted octanol–water partition coefficient (Wildman–Crippen LogP) is 6.78. The molecule has 2 heterocycles. The van der Waals surface area contributed by atoms with Crippen LogP contribution in [0.5, 0.6) is 0 Å². The van der Waals surface area contributed by atoms with Gasteiger partial charge in [0.25, 0.3) is 0 Å². The first-order chi connectivity index (χ1) is 12.8. The molecule has 124 valence electrons. The summed E-state index contributed by atoms with van der Waals surface area (Å²) in [6.07, 6.45) is 0. The maximum Gasteiger partial charge on any atom is 0.161 e. The van der Waals surface area contributed by atoms with Gasteiger partial charge in [0.1, 0.15) is 3.70 Å². The van der Waals surface area contributed by atoms with Crippen molar-refractivity contribution < 1.29 is 0 Å². The molecule has 0 aliphatic rings. The average molecular weight is 464 g/mol. The van der Waals surface area contributed by atoms with Crippen LogP contribution < -0.4 is 0 Å². The lowest BCUT2D eigenvalue weighted by Crippen LogP contribution is -1.95. The van der Waals surface area contributed by atoms with Crippen LogP contribution in [0.4, 0.5) is 0 Å². The van der Waals surface area contributed by atoms with Crippen LogP contribution in [0.1, 0.15) is 0 Å². The number of benzene rings is 3. The third-order valence-electron chi connectivity index (χ3n) is 4.41. The lowest BCUT2D eigenvalue weighted by Gasteiger charge is -2.07. The Morgan fingerprint density at radius 3 is 2.38 bits per heavy atom. The monoisotopic (exact) mass is 464 g/mol. The van der Waals surface area contributed by atoms with Gasteiger partial charge in [0.15, 0.2) is 5.82 Å². The quantitative estimate of drug-likeness (QED) is 0.213. The second-order valence-electron chi connectivity index (χ2n) is 6.04. The summed E-state index contributed by atoms with van der Waals surface area (Å²) in [6, 6.07) is 27.2. The van der Waals surface area contributed by atoms with Crippen molar-refractivity contribution in [3.05, 3.63) is 82.6 Å². The van der Waals surface area contributed by atoms with Gasteiger partial charge < -0.3 is 0 Å². The van der Waals surface area contributed by atoms with Crippen LogP contribution in [0.3, 0.4) is 0 Å². The smallest absolute Gasteiger partial charge is 0.161 e. The van der Waals surface area contributed by atoms with Gasteiger partial charge >= 0.3 is 0 Å². The Hall–Kier alpha value is -2.31. The van der Waals surface area contributed by atoms with Gasteiger partial charge in [-0.3, -0.25) is 0 Å². The van der Waals surface area contributed by atoms with E-state index in [2.05, 4.69) is 77.2 Å². The summed E-state index contributed by atoms with van der Waals surface area (Å²) in [7, 11) is 0. The Bertz CT molecular complexity index is 1250. The molecule has 0 aliphatic carbocycles. The van der Waals surface area contributed by atoms with Crippen LogP contribution in [0.2, 0.25) is 0 Å². The SMILES string of the molecule is Ic1cc(-c2ccccc2)nc(-c2cccc3sc4ccccc4c23)n1. The minimum Gasteiger partial charge on any atom is -0.228 e. The van der Waals surface area contributed by atoms with Crippen molar-refractivity contribution in [1.82, 2.24) is 9.97 Å². The highest BCUT2D eigenvalue weighted by Crippen LogP contribution is 2.39. The first-order valence-corrected chi connectivity index (χ1v) is 10.2. The summed E-state index contributed by atoms with van der Waals surface area (Å²) in [6.45, 7) is 0. The van der Waals surface area contributed by atoms with E-state index in [9.17, 15) is 0 Å². The van der Waals surface area contributed by atoms with Gasteiger partial charge in [0, 0.05) is 31.3 Å². The van der Waals surface area contributed by atoms with E-state index < -0.39 is 0 Å². The molecule has 0 amide bonds. The summed E-state index contributed by atoms with van der Waals surface area (Å²) in [5.41, 5.74) is 3.16. The van der Waals surface area contributed by atoms with E-state index in [1.165, 1.54) is 20.2 Å². The lowest BCUT2D eigenvalue weighted by atomic mass is 10.1. The molecule has 0 fully saturated rings. The number of fused-ring (bicyclic) bond motifs is 3. The molecule has 3 aromatic carbocycles. The molecule has 26 heavy (non-hydrogen) atoms. The number of nitrogens with zero attached hydrogens (tertiary/aromatic N) is 2. The number of rotatable bonds is 2. The fourth-order valence-corrected chi connectivity index (χ4v) is 4.91. The van der Waals surface area contributed by atoms with E-state index in [1.807, 2.05) is 35.6 Å². The van der Waals surface area contributed by atoms with Crippen LogP contribution in [0.25, 0.3) is 42.8 Å². The van der Waals surface area contributed by atoms with Gasteiger partial charge in [-0.1, -0.05) is 60.7 Å². The van der Waals surface area contributed by atoms with Gasteiger partial charge in [-0.25, -0.2) is 9.97 Å². The number of aromatic nitrogens is 2. The van der Waals surface area contributed by atoms with Crippen molar-refractivity contribution in [1.29, 1.82) is 0 Å². The van der Waals surface area contributed by atoms with Gasteiger partial charge in [-0.15, -0.1) is 11.3 Å².